The van der Waals surface area contributed by atoms with Crippen LogP contribution >= 0.6 is 11.8 Å². The second-order valence-electron chi connectivity index (χ2n) is 3.83. The van der Waals surface area contributed by atoms with Gasteiger partial charge in [-0.15, -0.1) is 11.8 Å². The number of carbonyl (C=O) groups is 1. The van der Waals surface area contributed by atoms with Crippen molar-refractivity contribution in [2.24, 2.45) is 0 Å². The zero-order valence-corrected chi connectivity index (χ0v) is 10.5. The Kier molecular flexibility index (Phi) is 4.09. The molecule has 1 aromatic rings. The monoisotopic (exact) mass is 249 g/mol. The average Bonchev–Trinajstić information content (AvgIpc) is 2.40. The van der Waals surface area contributed by atoms with Gasteiger partial charge in [-0.05, 0) is 5.56 Å². The predicted octanol–water partition coefficient (Wildman–Crippen LogP) is 1.95. The van der Waals surface area contributed by atoms with Crippen LogP contribution in [0.25, 0.3) is 0 Å². The summed E-state index contributed by atoms with van der Waals surface area (Å²) in [5.41, 5.74) is 1.28. The van der Waals surface area contributed by atoms with Gasteiger partial charge in [0.2, 0.25) is 0 Å². The summed E-state index contributed by atoms with van der Waals surface area (Å²) in [6.45, 7) is 0. The lowest BCUT2D eigenvalue weighted by atomic mass is 10.1. The fourth-order valence-corrected chi connectivity index (χ4v) is 2.68. The van der Waals surface area contributed by atoms with Crippen LogP contribution in [0, 0.1) is 0 Å². The molecule has 0 aromatic heterocycles. The van der Waals surface area contributed by atoms with Crippen LogP contribution < -0.4 is 5.32 Å². The zero-order chi connectivity index (χ0) is 12.1. The first kappa shape index (κ1) is 12.0. The Bertz CT molecular complexity index is 417. The summed E-state index contributed by atoms with van der Waals surface area (Å²) in [6.07, 6.45) is 2.83. The number of hydrogen-bond donors (Lipinski definition) is 1. The predicted molar refractivity (Wildman–Crippen MR) is 69.6 cm³/mol. The van der Waals surface area contributed by atoms with Crippen molar-refractivity contribution < 1.29 is 9.53 Å². The largest absolute Gasteiger partial charge is 0.467 e. The number of thioether (sulfide) groups is 1. The summed E-state index contributed by atoms with van der Waals surface area (Å²) >= 11 is 1.71. The Morgan fingerprint density at radius 2 is 2.24 bits per heavy atom. The van der Waals surface area contributed by atoms with Crippen molar-refractivity contribution in [1.29, 1.82) is 0 Å². The molecule has 0 radical (unpaired) electrons. The first-order valence-corrected chi connectivity index (χ1v) is 6.48. The van der Waals surface area contributed by atoms with Crippen molar-refractivity contribution in [2.45, 2.75) is 12.5 Å². The Labute approximate surface area is 105 Å². The van der Waals surface area contributed by atoms with Gasteiger partial charge in [-0.3, -0.25) is 0 Å². The summed E-state index contributed by atoms with van der Waals surface area (Å²) < 4.78 is 4.70. The van der Waals surface area contributed by atoms with Crippen LogP contribution in [0.2, 0.25) is 0 Å². The van der Waals surface area contributed by atoms with E-state index in [2.05, 4.69) is 17.4 Å². The Hall–Kier alpha value is -1.42. The third-order valence-electron chi connectivity index (χ3n) is 2.59. The third kappa shape index (κ3) is 3.27. The van der Waals surface area contributed by atoms with Crippen LogP contribution in [0.4, 0.5) is 0 Å². The molecule has 3 nitrogen and oxygen atoms in total. The molecule has 1 aliphatic heterocycles. The first-order valence-electron chi connectivity index (χ1n) is 5.49. The molecule has 1 heterocycles. The number of methoxy groups -OCH3 is 1. The molecular formula is C13H15NO2S. The highest BCUT2D eigenvalue weighted by molar-refractivity contribution is 8.03. The van der Waals surface area contributed by atoms with E-state index in [0.717, 1.165) is 12.2 Å². The Morgan fingerprint density at radius 1 is 1.47 bits per heavy atom. The summed E-state index contributed by atoms with van der Waals surface area (Å²) in [7, 11) is 1.41. The molecule has 0 fully saturated rings. The number of hydrogen-bond acceptors (Lipinski definition) is 4. The van der Waals surface area contributed by atoms with Crippen LogP contribution in [-0.2, 0) is 16.0 Å². The van der Waals surface area contributed by atoms with E-state index in [1.165, 1.54) is 17.6 Å². The molecule has 0 saturated heterocycles. The van der Waals surface area contributed by atoms with E-state index in [1.807, 2.05) is 24.4 Å². The SMILES string of the molecule is COC(=O)[C@@H]1CSC(Cc2ccccc2)=CN1. The molecule has 90 valence electrons. The van der Waals surface area contributed by atoms with E-state index in [-0.39, 0.29) is 12.0 Å². The number of benzene rings is 1. The van der Waals surface area contributed by atoms with Crippen molar-refractivity contribution in [3.8, 4) is 0 Å². The minimum Gasteiger partial charge on any atom is -0.467 e. The van der Waals surface area contributed by atoms with Gasteiger partial charge in [-0.25, -0.2) is 4.79 Å². The van der Waals surface area contributed by atoms with Crippen molar-refractivity contribution in [3.63, 3.8) is 0 Å². The molecule has 4 heteroatoms. The minimum absolute atomic E-state index is 0.201. The van der Waals surface area contributed by atoms with Crippen LogP contribution in [-0.4, -0.2) is 24.9 Å². The fourth-order valence-electron chi connectivity index (χ4n) is 1.65. The van der Waals surface area contributed by atoms with Crippen LogP contribution in [0.3, 0.4) is 0 Å². The van der Waals surface area contributed by atoms with Gasteiger partial charge in [-0.2, -0.15) is 0 Å². The highest BCUT2D eigenvalue weighted by Crippen LogP contribution is 2.24. The number of allylic oxidation sites excluding steroid dienone is 1. The van der Waals surface area contributed by atoms with Crippen LogP contribution in [0.1, 0.15) is 5.56 Å². The van der Waals surface area contributed by atoms with E-state index in [0.29, 0.717) is 0 Å². The van der Waals surface area contributed by atoms with Crippen LogP contribution in [0.15, 0.2) is 41.4 Å². The third-order valence-corrected chi connectivity index (χ3v) is 3.72. The number of esters is 1. The maximum absolute atomic E-state index is 11.3. The highest BCUT2D eigenvalue weighted by Gasteiger charge is 2.21. The molecule has 1 aromatic carbocycles. The van der Waals surface area contributed by atoms with Gasteiger partial charge in [0.25, 0.3) is 0 Å². The molecule has 0 aliphatic carbocycles. The topological polar surface area (TPSA) is 38.3 Å². The highest BCUT2D eigenvalue weighted by atomic mass is 32.2. The second-order valence-corrected chi connectivity index (χ2v) is 4.97. The van der Waals surface area contributed by atoms with Gasteiger partial charge in [0, 0.05) is 23.3 Å². The van der Waals surface area contributed by atoms with Gasteiger partial charge in [0.05, 0.1) is 7.11 Å². The molecule has 0 saturated carbocycles. The number of nitrogens with one attached hydrogen (secondary N) is 1. The first-order chi connectivity index (χ1) is 8.29. The van der Waals surface area contributed by atoms with Crippen molar-refractivity contribution >= 4 is 17.7 Å². The second kappa shape index (κ2) is 5.77. The number of rotatable bonds is 3. The molecule has 1 aliphatic rings. The summed E-state index contributed by atoms with van der Waals surface area (Å²) in [5.74, 6) is 0.526. The van der Waals surface area contributed by atoms with E-state index in [9.17, 15) is 4.79 Å². The standard InChI is InChI=1S/C13H15NO2S/c1-16-13(15)12-9-17-11(8-14-12)7-10-5-3-2-4-6-10/h2-6,8,12,14H,7,9H2,1H3/t12-/m0/s1. The normalized spacial score (nSPS) is 19.1. The quantitative estimate of drug-likeness (QED) is 0.831. The van der Waals surface area contributed by atoms with Gasteiger partial charge < -0.3 is 10.1 Å². The van der Waals surface area contributed by atoms with E-state index < -0.39 is 0 Å². The Morgan fingerprint density at radius 3 is 2.82 bits per heavy atom. The molecule has 1 N–H and O–H groups in total. The maximum Gasteiger partial charge on any atom is 0.329 e. The van der Waals surface area contributed by atoms with Gasteiger partial charge >= 0.3 is 5.97 Å². The minimum atomic E-state index is -0.218. The van der Waals surface area contributed by atoms with Gasteiger partial charge in [-0.1, -0.05) is 30.3 Å². The fraction of sp³-hybridized carbons (Fsp3) is 0.308. The number of carbonyl (C=O) groups excluding carboxylic acids is 1. The molecule has 0 unspecified atom stereocenters. The molecule has 1 atom stereocenters. The summed E-state index contributed by atoms with van der Waals surface area (Å²) in [4.78, 5) is 12.6. The average molecular weight is 249 g/mol. The molecule has 0 amide bonds. The smallest absolute Gasteiger partial charge is 0.329 e. The van der Waals surface area contributed by atoms with E-state index in [1.54, 1.807) is 11.8 Å². The number of ether oxygens (including phenoxy) is 1. The lowest BCUT2D eigenvalue weighted by Gasteiger charge is -2.21. The Balaban J connectivity index is 1.93. The molecular weight excluding hydrogens is 234 g/mol. The molecule has 0 bridgehead atoms. The van der Waals surface area contributed by atoms with Gasteiger partial charge in [0.1, 0.15) is 6.04 Å². The maximum atomic E-state index is 11.3. The van der Waals surface area contributed by atoms with Crippen LogP contribution in [0.5, 0.6) is 0 Å². The van der Waals surface area contributed by atoms with Crippen molar-refractivity contribution in [3.05, 3.63) is 47.0 Å². The summed E-state index contributed by atoms with van der Waals surface area (Å²) in [5, 5.41) is 3.08. The van der Waals surface area contributed by atoms with Gasteiger partial charge in [0.15, 0.2) is 0 Å². The lowest BCUT2D eigenvalue weighted by Crippen LogP contribution is -2.38. The van der Waals surface area contributed by atoms with Crippen molar-refractivity contribution in [1.82, 2.24) is 5.32 Å². The van der Waals surface area contributed by atoms with E-state index in [4.69, 9.17) is 4.74 Å². The van der Waals surface area contributed by atoms with E-state index >= 15 is 0 Å². The summed E-state index contributed by atoms with van der Waals surface area (Å²) in [6, 6.07) is 10.1. The molecule has 0 spiro atoms. The lowest BCUT2D eigenvalue weighted by molar-refractivity contribution is -0.142. The molecule has 17 heavy (non-hydrogen) atoms. The van der Waals surface area contributed by atoms with Crippen molar-refractivity contribution in [2.75, 3.05) is 12.9 Å². The zero-order valence-electron chi connectivity index (χ0n) is 9.68. The molecule has 2 rings (SSSR count).